The molecule has 10 heavy (non-hydrogen) atoms. The lowest BCUT2D eigenvalue weighted by atomic mass is 10.3. The van der Waals surface area contributed by atoms with E-state index in [0.717, 1.165) is 13.1 Å². The van der Waals surface area contributed by atoms with Crippen LogP contribution in [0.2, 0.25) is 0 Å². The van der Waals surface area contributed by atoms with Crippen LogP contribution < -0.4 is 5.73 Å². The minimum atomic E-state index is 0.135. The zero-order chi connectivity index (χ0) is 7.56. The van der Waals surface area contributed by atoms with Gasteiger partial charge in [-0.05, 0) is 7.05 Å². The predicted molar refractivity (Wildman–Crippen MR) is 38.3 cm³/mol. The maximum Gasteiger partial charge on any atom is 0.237 e. The molecule has 1 aliphatic rings. The fraction of sp³-hybridized carbons (Fsp3) is 0.833. The van der Waals surface area contributed by atoms with E-state index in [0.29, 0.717) is 13.2 Å². The van der Waals surface area contributed by atoms with E-state index in [-0.39, 0.29) is 5.91 Å². The zero-order valence-electron chi connectivity index (χ0n) is 6.21. The van der Waals surface area contributed by atoms with Gasteiger partial charge in [-0.2, -0.15) is 0 Å². The molecule has 0 aromatic rings. The standard InChI is InChI=1S/C6H13N3O/c1-8-2-3-9(5-7)6(10)4-8/h2-5,7H2,1H3. The van der Waals surface area contributed by atoms with Gasteiger partial charge in [-0.15, -0.1) is 0 Å². The molecule has 0 unspecified atom stereocenters. The molecule has 1 amide bonds. The molecule has 58 valence electrons. The summed E-state index contributed by atoms with van der Waals surface area (Å²) in [6.07, 6.45) is 0. The molecule has 1 saturated heterocycles. The number of nitrogens with zero attached hydrogens (tertiary/aromatic N) is 2. The lowest BCUT2D eigenvalue weighted by Crippen LogP contribution is -2.50. The Morgan fingerprint density at radius 2 is 2.30 bits per heavy atom. The summed E-state index contributed by atoms with van der Waals surface area (Å²) in [7, 11) is 1.94. The van der Waals surface area contributed by atoms with Gasteiger partial charge in [0.15, 0.2) is 0 Å². The third-order valence-electron chi connectivity index (χ3n) is 1.73. The molecular formula is C6H13N3O. The Hall–Kier alpha value is -0.610. The third kappa shape index (κ3) is 1.46. The van der Waals surface area contributed by atoms with E-state index in [2.05, 4.69) is 0 Å². The Kier molecular flexibility index (Phi) is 2.24. The minimum absolute atomic E-state index is 0.135. The van der Waals surface area contributed by atoms with Gasteiger partial charge in [-0.25, -0.2) is 0 Å². The number of carbonyl (C=O) groups excluding carboxylic acids is 1. The molecule has 0 aliphatic carbocycles. The molecule has 4 nitrogen and oxygen atoms in total. The van der Waals surface area contributed by atoms with Gasteiger partial charge >= 0.3 is 0 Å². The molecule has 0 radical (unpaired) electrons. The summed E-state index contributed by atoms with van der Waals surface area (Å²) in [5, 5.41) is 0. The molecular weight excluding hydrogens is 130 g/mol. The van der Waals surface area contributed by atoms with Gasteiger partial charge in [0.05, 0.1) is 13.2 Å². The van der Waals surface area contributed by atoms with Crippen LogP contribution in [0.1, 0.15) is 0 Å². The van der Waals surface area contributed by atoms with Gasteiger partial charge in [0.2, 0.25) is 5.91 Å². The van der Waals surface area contributed by atoms with E-state index in [1.807, 2.05) is 11.9 Å². The Morgan fingerprint density at radius 1 is 1.60 bits per heavy atom. The highest BCUT2D eigenvalue weighted by Crippen LogP contribution is 1.97. The number of hydrogen-bond donors (Lipinski definition) is 1. The first-order valence-corrected chi connectivity index (χ1v) is 3.40. The van der Waals surface area contributed by atoms with Crippen molar-refractivity contribution in [2.24, 2.45) is 5.73 Å². The number of nitrogens with two attached hydrogens (primary N) is 1. The minimum Gasteiger partial charge on any atom is -0.328 e. The topological polar surface area (TPSA) is 49.6 Å². The van der Waals surface area contributed by atoms with Crippen LogP contribution in [0, 0.1) is 0 Å². The summed E-state index contributed by atoms with van der Waals surface area (Å²) in [5.41, 5.74) is 5.33. The van der Waals surface area contributed by atoms with E-state index in [9.17, 15) is 4.79 Å². The maximum absolute atomic E-state index is 11.0. The fourth-order valence-corrected chi connectivity index (χ4v) is 1.02. The molecule has 0 bridgehead atoms. The normalized spacial score (nSPS) is 21.8. The largest absolute Gasteiger partial charge is 0.328 e. The van der Waals surface area contributed by atoms with Crippen LogP contribution in [0.4, 0.5) is 0 Å². The van der Waals surface area contributed by atoms with Gasteiger partial charge < -0.3 is 10.6 Å². The second kappa shape index (κ2) is 2.98. The van der Waals surface area contributed by atoms with Gasteiger partial charge in [-0.1, -0.05) is 0 Å². The first kappa shape index (κ1) is 7.50. The first-order valence-electron chi connectivity index (χ1n) is 3.40. The average molecular weight is 143 g/mol. The molecule has 0 aromatic heterocycles. The molecule has 1 aliphatic heterocycles. The summed E-state index contributed by atoms with van der Waals surface area (Å²) in [5.74, 6) is 0.135. The van der Waals surface area contributed by atoms with Crippen LogP contribution in [0.3, 0.4) is 0 Å². The van der Waals surface area contributed by atoms with E-state index in [1.165, 1.54) is 0 Å². The highest BCUT2D eigenvalue weighted by molar-refractivity contribution is 5.78. The second-order valence-corrected chi connectivity index (χ2v) is 2.58. The van der Waals surface area contributed by atoms with Gasteiger partial charge in [-0.3, -0.25) is 9.69 Å². The quantitative estimate of drug-likeness (QED) is 0.495. The van der Waals surface area contributed by atoms with Gasteiger partial charge in [0.25, 0.3) is 0 Å². The zero-order valence-corrected chi connectivity index (χ0v) is 6.21. The number of piperazine rings is 1. The predicted octanol–water partition coefficient (Wildman–Crippen LogP) is -1.32. The van der Waals surface area contributed by atoms with Crippen molar-refractivity contribution in [2.75, 3.05) is 33.4 Å². The highest BCUT2D eigenvalue weighted by Gasteiger charge is 2.19. The SMILES string of the molecule is CN1CCN(CN)C(=O)C1. The van der Waals surface area contributed by atoms with E-state index < -0.39 is 0 Å². The summed E-state index contributed by atoms with van der Waals surface area (Å²) in [6.45, 7) is 2.57. The monoisotopic (exact) mass is 143 g/mol. The van der Waals surface area contributed by atoms with Crippen molar-refractivity contribution in [3.63, 3.8) is 0 Å². The van der Waals surface area contributed by atoms with Crippen LogP contribution in [0.15, 0.2) is 0 Å². The van der Waals surface area contributed by atoms with Crippen LogP contribution in [0.25, 0.3) is 0 Å². The van der Waals surface area contributed by atoms with Crippen molar-refractivity contribution >= 4 is 5.91 Å². The van der Waals surface area contributed by atoms with Crippen molar-refractivity contribution in [1.29, 1.82) is 0 Å². The summed E-state index contributed by atoms with van der Waals surface area (Å²) in [6, 6.07) is 0. The molecule has 1 heterocycles. The molecule has 4 heteroatoms. The van der Waals surface area contributed by atoms with Crippen LogP contribution in [-0.4, -0.2) is 49.1 Å². The number of carbonyl (C=O) groups is 1. The lowest BCUT2D eigenvalue weighted by molar-refractivity contribution is -0.135. The van der Waals surface area contributed by atoms with Gasteiger partial charge in [0.1, 0.15) is 0 Å². The molecule has 0 aromatic carbocycles. The van der Waals surface area contributed by atoms with E-state index >= 15 is 0 Å². The molecule has 1 fully saturated rings. The summed E-state index contributed by atoms with van der Waals surface area (Å²) in [4.78, 5) is 14.7. The number of amides is 1. The Bertz CT molecular complexity index is 137. The Morgan fingerprint density at radius 3 is 2.80 bits per heavy atom. The van der Waals surface area contributed by atoms with Crippen LogP contribution in [-0.2, 0) is 4.79 Å². The molecule has 0 spiro atoms. The van der Waals surface area contributed by atoms with Crippen molar-refractivity contribution < 1.29 is 4.79 Å². The van der Waals surface area contributed by atoms with Gasteiger partial charge in [0, 0.05) is 13.1 Å². The Labute approximate surface area is 60.6 Å². The average Bonchev–Trinajstić information content (AvgIpc) is 1.88. The smallest absolute Gasteiger partial charge is 0.237 e. The number of likely N-dealkylation sites (N-methyl/N-ethyl adjacent to an activating group) is 1. The first-order chi connectivity index (χ1) is 4.74. The van der Waals surface area contributed by atoms with Crippen molar-refractivity contribution in [3.05, 3.63) is 0 Å². The van der Waals surface area contributed by atoms with Crippen LogP contribution in [0.5, 0.6) is 0 Å². The lowest BCUT2D eigenvalue weighted by Gasteiger charge is -2.30. The van der Waals surface area contributed by atoms with E-state index in [1.54, 1.807) is 4.90 Å². The molecule has 1 rings (SSSR count). The van der Waals surface area contributed by atoms with E-state index in [4.69, 9.17) is 5.73 Å². The summed E-state index contributed by atoms with van der Waals surface area (Å²) < 4.78 is 0. The highest BCUT2D eigenvalue weighted by atomic mass is 16.2. The fourth-order valence-electron chi connectivity index (χ4n) is 1.02. The van der Waals surface area contributed by atoms with Crippen molar-refractivity contribution in [2.45, 2.75) is 0 Å². The Balaban J connectivity index is 2.43. The molecule has 0 saturated carbocycles. The van der Waals surface area contributed by atoms with Crippen LogP contribution >= 0.6 is 0 Å². The summed E-state index contributed by atoms with van der Waals surface area (Å²) >= 11 is 0. The molecule has 0 atom stereocenters. The number of hydrogen-bond acceptors (Lipinski definition) is 3. The third-order valence-corrected chi connectivity index (χ3v) is 1.73. The van der Waals surface area contributed by atoms with Crippen molar-refractivity contribution in [1.82, 2.24) is 9.80 Å². The maximum atomic E-state index is 11.0. The number of rotatable bonds is 1. The van der Waals surface area contributed by atoms with Crippen molar-refractivity contribution in [3.8, 4) is 0 Å². The second-order valence-electron chi connectivity index (χ2n) is 2.58. The molecule has 2 N–H and O–H groups in total.